The molecular formula is C11H16N2O3S. The molecule has 0 saturated heterocycles. The van der Waals surface area contributed by atoms with Crippen LogP contribution in [0, 0.1) is 0 Å². The lowest BCUT2D eigenvalue weighted by Gasteiger charge is -2.10. The van der Waals surface area contributed by atoms with E-state index in [1.54, 1.807) is 32.4 Å². The van der Waals surface area contributed by atoms with Crippen molar-refractivity contribution in [3.05, 3.63) is 24.0 Å². The Balaban J connectivity index is 2.69. The van der Waals surface area contributed by atoms with E-state index in [9.17, 15) is 9.90 Å². The minimum Gasteiger partial charge on any atom is -0.394 e. The van der Waals surface area contributed by atoms with Gasteiger partial charge >= 0.3 is 0 Å². The number of thioether (sulfide) groups is 1. The summed E-state index contributed by atoms with van der Waals surface area (Å²) in [5, 5.41) is 17.9. The zero-order chi connectivity index (χ0) is 12.8. The molecule has 0 aliphatic carbocycles. The molecule has 1 atom stereocenters. The van der Waals surface area contributed by atoms with Gasteiger partial charge in [-0.1, -0.05) is 0 Å². The first-order valence-corrected chi connectivity index (χ1v) is 6.12. The highest BCUT2D eigenvalue weighted by Crippen LogP contribution is 2.19. The van der Waals surface area contributed by atoms with Crippen LogP contribution in [-0.2, 0) is 0 Å². The fourth-order valence-corrected chi connectivity index (χ4v) is 1.93. The molecule has 1 unspecified atom stereocenters. The summed E-state index contributed by atoms with van der Waals surface area (Å²) >= 11 is 1.38. The number of carbonyl (C=O) groups excluding carboxylic acids is 1. The predicted molar refractivity (Wildman–Crippen MR) is 66.1 cm³/mol. The van der Waals surface area contributed by atoms with Crippen LogP contribution in [0.5, 0.6) is 0 Å². The van der Waals surface area contributed by atoms with E-state index in [0.29, 0.717) is 11.4 Å². The minimum atomic E-state index is -0.749. The molecule has 1 aromatic rings. The van der Waals surface area contributed by atoms with E-state index in [-0.39, 0.29) is 12.5 Å². The SMILES string of the molecule is CN(C)C(=O)c1cc(SCC(O)CO)ccn1. The van der Waals surface area contributed by atoms with Gasteiger partial charge in [-0.2, -0.15) is 0 Å². The standard InChI is InChI=1S/C11H16N2O3S/c1-13(2)11(16)10-5-9(3-4-12-10)17-7-8(15)6-14/h3-5,8,14-15H,6-7H2,1-2H3. The fourth-order valence-electron chi connectivity index (χ4n) is 1.09. The van der Waals surface area contributed by atoms with Gasteiger partial charge in [-0.25, -0.2) is 0 Å². The molecule has 5 nitrogen and oxygen atoms in total. The Hall–Kier alpha value is -1.11. The van der Waals surface area contributed by atoms with E-state index in [0.717, 1.165) is 4.90 Å². The molecule has 94 valence electrons. The highest BCUT2D eigenvalue weighted by atomic mass is 32.2. The molecule has 17 heavy (non-hydrogen) atoms. The van der Waals surface area contributed by atoms with Crippen LogP contribution in [0.15, 0.2) is 23.2 Å². The van der Waals surface area contributed by atoms with Gasteiger partial charge in [0.1, 0.15) is 5.69 Å². The summed E-state index contributed by atoms with van der Waals surface area (Å²) in [6.45, 7) is -0.262. The number of nitrogens with zero attached hydrogens (tertiary/aromatic N) is 2. The second kappa shape index (κ2) is 6.58. The van der Waals surface area contributed by atoms with Crippen molar-refractivity contribution in [1.29, 1.82) is 0 Å². The predicted octanol–water partition coefficient (Wildman–Crippen LogP) is 0.229. The lowest BCUT2D eigenvalue weighted by molar-refractivity contribution is 0.0821. The normalized spacial score (nSPS) is 12.2. The quantitative estimate of drug-likeness (QED) is 0.738. The summed E-state index contributed by atoms with van der Waals surface area (Å²) < 4.78 is 0. The van der Waals surface area contributed by atoms with E-state index in [2.05, 4.69) is 4.98 Å². The lowest BCUT2D eigenvalue weighted by atomic mass is 10.3. The Morgan fingerprint density at radius 3 is 2.88 bits per heavy atom. The largest absolute Gasteiger partial charge is 0.394 e. The maximum Gasteiger partial charge on any atom is 0.271 e. The third-order valence-electron chi connectivity index (χ3n) is 2.01. The summed E-state index contributed by atoms with van der Waals surface area (Å²) in [7, 11) is 3.33. The van der Waals surface area contributed by atoms with Crippen LogP contribution < -0.4 is 0 Å². The molecule has 0 fully saturated rings. The summed E-state index contributed by atoms with van der Waals surface area (Å²) in [4.78, 5) is 17.9. The maximum absolute atomic E-state index is 11.7. The summed E-state index contributed by atoms with van der Waals surface area (Å²) in [5.41, 5.74) is 0.374. The molecule has 1 heterocycles. The maximum atomic E-state index is 11.7. The molecular weight excluding hydrogens is 240 g/mol. The monoisotopic (exact) mass is 256 g/mol. The molecule has 1 rings (SSSR count). The van der Waals surface area contributed by atoms with Gasteiger partial charge in [-0.15, -0.1) is 11.8 Å². The van der Waals surface area contributed by atoms with Crippen LogP contribution in [0.25, 0.3) is 0 Å². The number of rotatable bonds is 5. The third kappa shape index (κ3) is 4.33. The van der Waals surface area contributed by atoms with E-state index < -0.39 is 6.10 Å². The number of aliphatic hydroxyl groups excluding tert-OH is 2. The molecule has 0 aliphatic rings. The average molecular weight is 256 g/mol. The average Bonchev–Trinajstić information content (AvgIpc) is 2.35. The van der Waals surface area contributed by atoms with Gasteiger partial charge in [0, 0.05) is 30.9 Å². The smallest absolute Gasteiger partial charge is 0.271 e. The molecule has 0 saturated carbocycles. The van der Waals surface area contributed by atoms with Crippen molar-refractivity contribution in [2.45, 2.75) is 11.0 Å². The number of hydrogen-bond acceptors (Lipinski definition) is 5. The second-order valence-corrected chi connectivity index (χ2v) is 4.82. The van der Waals surface area contributed by atoms with Crippen molar-refractivity contribution in [3.63, 3.8) is 0 Å². The van der Waals surface area contributed by atoms with Crippen molar-refractivity contribution < 1.29 is 15.0 Å². The zero-order valence-electron chi connectivity index (χ0n) is 9.83. The highest BCUT2D eigenvalue weighted by molar-refractivity contribution is 7.99. The number of aromatic nitrogens is 1. The topological polar surface area (TPSA) is 73.7 Å². The first-order valence-electron chi connectivity index (χ1n) is 5.14. The van der Waals surface area contributed by atoms with Crippen LogP contribution >= 0.6 is 11.8 Å². The molecule has 0 bridgehead atoms. The first-order chi connectivity index (χ1) is 8.04. The van der Waals surface area contributed by atoms with E-state index in [4.69, 9.17) is 5.11 Å². The Bertz CT molecular complexity index is 385. The fraction of sp³-hybridized carbons (Fsp3) is 0.455. The second-order valence-electron chi connectivity index (χ2n) is 3.72. The number of aliphatic hydroxyl groups is 2. The molecule has 0 aliphatic heterocycles. The Morgan fingerprint density at radius 1 is 1.59 bits per heavy atom. The van der Waals surface area contributed by atoms with Gasteiger partial charge in [0.15, 0.2) is 0 Å². The van der Waals surface area contributed by atoms with E-state index in [1.165, 1.54) is 16.7 Å². The summed E-state index contributed by atoms with van der Waals surface area (Å²) in [6.07, 6.45) is 0.811. The highest BCUT2D eigenvalue weighted by Gasteiger charge is 2.10. The van der Waals surface area contributed by atoms with Crippen LogP contribution in [0.3, 0.4) is 0 Å². The Morgan fingerprint density at radius 2 is 2.29 bits per heavy atom. The molecule has 1 aromatic heterocycles. The number of amides is 1. The van der Waals surface area contributed by atoms with Crippen LogP contribution in [0.4, 0.5) is 0 Å². The van der Waals surface area contributed by atoms with Crippen molar-refractivity contribution in [1.82, 2.24) is 9.88 Å². The van der Waals surface area contributed by atoms with Crippen molar-refractivity contribution in [2.75, 3.05) is 26.5 Å². The number of hydrogen-bond donors (Lipinski definition) is 2. The summed E-state index contributed by atoms with van der Waals surface area (Å²) in [5.74, 6) is 0.228. The molecule has 0 aromatic carbocycles. The van der Waals surface area contributed by atoms with Crippen LogP contribution in [0.1, 0.15) is 10.5 Å². The van der Waals surface area contributed by atoms with Gasteiger partial charge < -0.3 is 15.1 Å². The minimum absolute atomic E-state index is 0.157. The zero-order valence-corrected chi connectivity index (χ0v) is 10.6. The Labute approximate surface area is 104 Å². The molecule has 2 N–H and O–H groups in total. The van der Waals surface area contributed by atoms with Crippen LogP contribution in [-0.4, -0.2) is 58.6 Å². The van der Waals surface area contributed by atoms with Crippen molar-refractivity contribution >= 4 is 17.7 Å². The lowest BCUT2D eigenvalue weighted by Crippen LogP contribution is -2.22. The van der Waals surface area contributed by atoms with Crippen molar-refractivity contribution in [2.24, 2.45) is 0 Å². The molecule has 0 radical (unpaired) electrons. The molecule has 0 spiro atoms. The number of carbonyl (C=O) groups is 1. The van der Waals surface area contributed by atoms with Crippen LogP contribution in [0.2, 0.25) is 0 Å². The van der Waals surface area contributed by atoms with Gasteiger partial charge in [-0.3, -0.25) is 9.78 Å². The van der Waals surface area contributed by atoms with Gasteiger partial charge in [0.2, 0.25) is 0 Å². The Kier molecular flexibility index (Phi) is 5.40. The summed E-state index contributed by atoms with van der Waals surface area (Å²) in [6, 6.07) is 3.44. The van der Waals surface area contributed by atoms with Gasteiger partial charge in [0.25, 0.3) is 5.91 Å². The number of pyridine rings is 1. The first kappa shape index (κ1) is 14.0. The van der Waals surface area contributed by atoms with Gasteiger partial charge in [0.05, 0.1) is 12.7 Å². The van der Waals surface area contributed by atoms with E-state index >= 15 is 0 Å². The third-order valence-corrected chi connectivity index (χ3v) is 3.15. The van der Waals surface area contributed by atoms with Gasteiger partial charge in [-0.05, 0) is 12.1 Å². The molecule has 6 heteroatoms. The van der Waals surface area contributed by atoms with Crippen molar-refractivity contribution in [3.8, 4) is 0 Å². The van der Waals surface area contributed by atoms with E-state index in [1.807, 2.05) is 0 Å². The molecule has 1 amide bonds.